The van der Waals surface area contributed by atoms with E-state index in [4.69, 9.17) is 4.42 Å². The van der Waals surface area contributed by atoms with E-state index in [0.717, 1.165) is 10.4 Å². The van der Waals surface area contributed by atoms with Crippen molar-refractivity contribution in [2.75, 3.05) is 7.05 Å². The molecule has 0 fully saturated rings. The summed E-state index contributed by atoms with van der Waals surface area (Å²) in [6, 6.07) is 10.6. The molecule has 2 aromatic rings. The van der Waals surface area contributed by atoms with Gasteiger partial charge in [-0.2, -0.15) is 0 Å². The van der Waals surface area contributed by atoms with E-state index >= 15 is 0 Å². The standard InChI is InChI=1S/C14H16BrNO/c1-9-6-10(2)8-11(7-9)14(16-3)12-4-5-13(15)17-12/h4-8,14,16H,1-3H3. The zero-order valence-corrected chi connectivity index (χ0v) is 11.8. The molecule has 0 aliphatic carbocycles. The maximum atomic E-state index is 5.62. The maximum Gasteiger partial charge on any atom is 0.169 e. The van der Waals surface area contributed by atoms with E-state index in [1.54, 1.807) is 0 Å². The Labute approximate surface area is 110 Å². The van der Waals surface area contributed by atoms with Gasteiger partial charge in [0.15, 0.2) is 4.67 Å². The molecule has 0 aliphatic heterocycles. The van der Waals surface area contributed by atoms with Crippen LogP contribution >= 0.6 is 15.9 Å². The van der Waals surface area contributed by atoms with Crippen molar-refractivity contribution in [1.29, 1.82) is 0 Å². The van der Waals surface area contributed by atoms with Crippen molar-refractivity contribution in [2.45, 2.75) is 19.9 Å². The average molecular weight is 294 g/mol. The Balaban J connectivity index is 2.41. The molecule has 1 aromatic heterocycles. The van der Waals surface area contributed by atoms with Gasteiger partial charge in [0.05, 0.1) is 6.04 Å². The molecular weight excluding hydrogens is 278 g/mol. The number of benzene rings is 1. The average Bonchev–Trinajstić information content (AvgIpc) is 2.64. The second-order valence-electron chi connectivity index (χ2n) is 4.28. The molecule has 0 spiro atoms. The van der Waals surface area contributed by atoms with Crippen LogP contribution in [0, 0.1) is 13.8 Å². The van der Waals surface area contributed by atoms with Gasteiger partial charge in [0, 0.05) is 0 Å². The highest BCUT2D eigenvalue weighted by Crippen LogP contribution is 2.27. The van der Waals surface area contributed by atoms with Crippen LogP contribution < -0.4 is 5.32 Å². The highest BCUT2D eigenvalue weighted by atomic mass is 79.9. The van der Waals surface area contributed by atoms with E-state index in [1.165, 1.54) is 16.7 Å². The predicted octanol–water partition coefficient (Wildman–Crippen LogP) is 3.97. The fraction of sp³-hybridized carbons (Fsp3) is 0.286. The van der Waals surface area contributed by atoms with Crippen molar-refractivity contribution in [1.82, 2.24) is 5.32 Å². The van der Waals surface area contributed by atoms with Crippen LogP contribution in [0.3, 0.4) is 0 Å². The number of halogens is 1. The fourth-order valence-electron chi connectivity index (χ4n) is 2.13. The molecule has 1 aromatic carbocycles. The molecule has 0 radical (unpaired) electrons. The third-order valence-corrected chi connectivity index (χ3v) is 3.17. The van der Waals surface area contributed by atoms with Crippen molar-refractivity contribution < 1.29 is 4.42 Å². The summed E-state index contributed by atoms with van der Waals surface area (Å²) >= 11 is 3.34. The van der Waals surface area contributed by atoms with Gasteiger partial charge in [-0.1, -0.05) is 29.3 Å². The lowest BCUT2D eigenvalue weighted by molar-refractivity contribution is 0.447. The monoisotopic (exact) mass is 293 g/mol. The number of aryl methyl sites for hydroxylation is 2. The van der Waals surface area contributed by atoms with Gasteiger partial charge in [0.1, 0.15) is 5.76 Å². The highest BCUT2D eigenvalue weighted by molar-refractivity contribution is 9.10. The maximum absolute atomic E-state index is 5.62. The Morgan fingerprint density at radius 1 is 1.12 bits per heavy atom. The second kappa shape index (κ2) is 5.07. The zero-order chi connectivity index (χ0) is 12.4. The van der Waals surface area contributed by atoms with Gasteiger partial charge < -0.3 is 9.73 Å². The van der Waals surface area contributed by atoms with Crippen LogP contribution in [0.15, 0.2) is 39.4 Å². The minimum atomic E-state index is 0.0971. The minimum absolute atomic E-state index is 0.0971. The molecule has 1 N–H and O–H groups in total. The Morgan fingerprint density at radius 2 is 1.76 bits per heavy atom. The summed E-state index contributed by atoms with van der Waals surface area (Å²) in [5, 5.41) is 3.29. The topological polar surface area (TPSA) is 25.2 Å². The second-order valence-corrected chi connectivity index (χ2v) is 5.07. The molecule has 1 atom stereocenters. The molecule has 0 aliphatic rings. The molecule has 17 heavy (non-hydrogen) atoms. The van der Waals surface area contributed by atoms with E-state index < -0.39 is 0 Å². The Morgan fingerprint density at radius 3 is 2.24 bits per heavy atom. The highest BCUT2D eigenvalue weighted by Gasteiger charge is 2.16. The number of hydrogen-bond acceptors (Lipinski definition) is 2. The molecule has 3 heteroatoms. The van der Waals surface area contributed by atoms with Crippen molar-refractivity contribution in [3.63, 3.8) is 0 Å². The Kier molecular flexibility index (Phi) is 3.69. The summed E-state index contributed by atoms with van der Waals surface area (Å²) in [4.78, 5) is 0. The normalized spacial score (nSPS) is 12.7. The van der Waals surface area contributed by atoms with Gasteiger partial charge in [0.2, 0.25) is 0 Å². The van der Waals surface area contributed by atoms with Crippen LogP contribution in [-0.4, -0.2) is 7.05 Å². The van der Waals surface area contributed by atoms with Gasteiger partial charge in [0.25, 0.3) is 0 Å². The largest absolute Gasteiger partial charge is 0.452 e. The van der Waals surface area contributed by atoms with E-state index in [9.17, 15) is 0 Å². The number of furan rings is 1. The molecule has 0 amide bonds. The van der Waals surface area contributed by atoms with Crippen molar-refractivity contribution in [2.24, 2.45) is 0 Å². The van der Waals surface area contributed by atoms with Crippen molar-refractivity contribution in [3.05, 3.63) is 57.5 Å². The van der Waals surface area contributed by atoms with Gasteiger partial charge in [-0.25, -0.2) is 0 Å². The number of nitrogens with one attached hydrogen (secondary N) is 1. The van der Waals surface area contributed by atoms with E-state index in [-0.39, 0.29) is 6.04 Å². The van der Waals surface area contributed by atoms with Crippen LogP contribution in [0.1, 0.15) is 28.5 Å². The van der Waals surface area contributed by atoms with Crippen LogP contribution in [0.5, 0.6) is 0 Å². The third kappa shape index (κ3) is 2.79. The first-order valence-corrected chi connectivity index (χ1v) is 6.40. The van der Waals surface area contributed by atoms with E-state index in [1.807, 2.05) is 19.2 Å². The van der Waals surface area contributed by atoms with E-state index in [2.05, 4.69) is 53.3 Å². The Bertz CT molecular complexity index is 498. The molecule has 0 bridgehead atoms. The predicted molar refractivity (Wildman–Crippen MR) is 73.2 cm³/mol. The van der Waals surface area contributed by atoms with Crippen LogP contribution in [0.25, 0.3) is 0 Å². The van der Waals surface area contributed by atoms with Gasteiger partial charge in [-0.3, -0.25) is 0 Å². The molecule has 2 nitrogen and oxygen atoms in total. The SMILES string of the molecule is CNC(c1cc(C)cc(C)c1)c1ccc(Br)o1. The van der Waals surface area contributed by atoms with Crippen molar-refractivity contribution >= 4 is 15.9 Å². The molecule has 1 unspecified atom stereocenters. The Hall–Kier alpha value is -1.06. The molecule has 1 heterocycles. The van der Waals surface area contributed by atoms with Crippen LogP contribution in [0.2, 0.25) is 0 Å². The van der Waals surface area contributed by atoms with Crippen LogP contribution in [0.4, 0.5) is 0 Å². The van der Waals surface area contributed by atoms with E-state index in [0.29, 0.717) is 0 Å². The smallest absolute Gasteiger partial charge is 0.169 e. The van der Waals surface area contributed by atoms with Crippen molar-refractivity contribution in [3.8, 4) is 0 Å². The summed E-state index contributed by atoms with van der Waals surface area (Å²) in [6.45, 7) is 4.22. The molecule has 2 rings (SSSR count). The molecule has 0 saturated heterocycles. The first-order valence-electron chi connectivity index (χ1n) is 5.61. The summed E-state index contributed by atoms with van der Waals surface area (Å²) < 4.78 is 6.39. The molecular formula is C14H16BrNO. The van der Waals surface area contributed by atoms with Crippen LogP contribution in [-0.2, 0) is 0 Å². The lowest BCUT2D eigenvalue weighted by atomic mass is 10.00. The minimum Gasteiger partial charge on any atom is -0.452 e. The third-order valence-electron chi connectivity index (χ3n) is 2.74. The first kappa shape index (κ1) is 12.4. The zero-order valence-electron chi connectivity index (χ0n) is 10.3. The van der Waals surface area contributed by atoms with Gasteiger partial charge in [-0.05, 0) is 54.5 Å². The number of rotatable bonds is 3. The van der Waals surface area contributed by atoms with Gasteiger partial charge in [-0.15, -0.1) is 0 Å². The summed E-state index contributed by atoms with van der Waals surface area (Å²) in [5.41, 5.74) is 3.77. The first-order chi connectivity index (χ1) is 8.10. The molecule has 90 valence electrons. The number of hydrogen-bond donors (Lipinski definition) is 1. The van der Waals surface area contributed by atoms with Gasteiger partial charge >= 0.3 is 0 Å². The summed E-state index contributed by atoms with van der Waals surface area (Å²) in [5.74, 6) is 0.921. The summed E-state index contributed by atoms with van der Waals surface area (Å²) in [7, 11) is 1.94. The lowest BCUT2D eigenvalue weighted by Crippen LogP contribution is -2.17. The lowest BCUT2D eigenvalue weighted by Gasteiger charge is -2.15. The molecule has 0 saturated carbocycles. The summed E-state index contributed by atoms with van der Waals surface area (Å²) in [6.07, 6.45) is 0. The fourth-order valence-corrected chi connectivity index (χ4v) is 2.45. The quantitative estimate of drug-likeness (QED) is 0.926.